The van der Waals surface area contributed by atoms with Gasteiger partial charge < -0.3 is 15.2 Å². The lowest BCUT2D eigenvalue weighted by Crippen LogP contribution is -2.44. The van der Waals surface area contributed by atoms with Gasteiger partial charge in [-0.2, -0.15) is 0 Å². The number of hydrogen-bond donors (Lipinski definition) is 2. The molecule has 0 radical (unpaired) electrons. The van der Waals surface area contributed by atoms with E-state index in [1.807, 2.05) is 13.8 Å². The molecule has 1 saturated heterocycles. The molecule has 94 valence electrons. The smallest absolute Gasteiger partial charge is 0.230 e. The molecule has 5 heteroatoms. The van der Waals surface area contributed by atoms with E-state index in [1.165, 1.54) is 12.5 Å². The zero-order valence-corrected chi connectivity index (χ0v) is 10.3. The van der Waals surface area contributed by atoms with Crippen LogP contribution in [0.15, 0.2) is 17.0 Å². The monoisotopic (exact) mass is 237 g/mol. The van der Waals surface area contributed by atoms with Crippen LogP contribution in [0, 0.1) is 11.3 Å². The second-order valence-corrected chi connectivity index (χ2v) is 5.13. The summed E-state index contributed by atoms with van der Waals surface area (Å²) < 4.78 is 4.70. The van der Waals surface area contributed by atoms with E-state index in [4.69, 9.17) is 4.52 Å². The Balaban J connectivity index is 2.00. The maximum Gasteiger partial charge on any atom is 0.230 e. The molecule has 1 aliphatic rings. The SMILES string of the molecule is CC(C)(C(=O)Nc1cnoc1)C1CCCNC1. The van der Waals surface area contributed by atoms with Crippen LogP contribution in [0.25, 0.3) is 0 Å². The summed E-state index contributed by atoms with van der Waals surface area (Å²) in [6.45, 7) is 5.95. The van der Waals surface area contributed by atoms with Crippen molar-refractivity contribution >= 4 is 11.6 Å². The summed E-state index contributed by atoms with van der Waals surface area (Å²) in [4.78, 5) is 12.2. The molecule has 2 N–H and O–H groups in total. The predicted octanol–water partition coefficient (Wildman–Crippen LogP) is 1.64. The molecule has 0 aromatic carbocycles. The molecule has 2 rings (SSSR count). The van der Waals surface area contributed by atoms with E-state index in [1.54, 1.807) is 0 Å². The highest BCUT2D eigenvalue weighted by Crippen LogP contribution is 2.32. The number of rotatable bonds is 3. The molecule has 0 bridgehead atoms. The van der Waals surface area contributed by atoms with Crippen molar-refractivity contribution < 1.29 is 9.32 Å². The minimum atomic E-state index is -0.384. The number of carbonyl (C=O) groups excluding carboxylic acids is 1. The van der Waals surface area contributed by atoms with Gasteiger partial charge in [-0.3, -0.25) is 4.79 Å². The van der Waals surface area contributed by atoms with Gasteiger partial charge in [0.25, 0.3) is 0 Å². The Kier molecular flexibility index (Phi) is 3.47. The Morgan fingerprint density at radius 1 is 1.65 bits per heavy atom. The summed E-state index contributed by atoms with van der Waals surface area (Å²) in [5, 5.41) is 9.75. The van der Waals surface area contributed by atoms with Gasteiger partial charge in [0.05, 0.1) is 6.20 Å². The predicted molar refractivity (Wildman–Crippen MR) is 64.5 cm³/mol. The fourth-order valence-electron chi connectivity index (χ4n) is 2.21. The zero-order chi connectivity index (χ0) is 12.3. The summed E-state index contributed by atoms with van der Waals surface area (Å²) in [5.74, 6) is 0.394. The minimum Gasteiger partial charge on any atom is -0.363 e. The molecule has 5 nitrogen and oxygen atoms in total. The molecule has 0 spiro atoms. The standard InChI is InChI=1S/C12H19N3O2/c1-12(2,9-4-3-5-13-6-9)11(16)15-10-7-14-17-8-10/h7-9,13H,3-6H2,1-2H3,(H,15,16). The van der Waals surface area contributed by atoms with Gasteiger partial charge in [-0.15, -0.1) is 0 Å². The third kappa shape index (κ3) is 2.66. The quantitative estimate of drug-likeness (QED) is 0.838. The zero-order valence-electron chi connectivity index (χ0n) is 10.3. The highest BCUT2D eigenvalue weighted by atomic mass is 16.5. The molecule has 2 heterocycles. The molecule has 1 aromatic rings. The van der Waals surface area contributed by atoms with Crippen LogP contribution in [0.2, 0.25) is 0 Å². The van der Waals surface area contributed by atoms with Crippen molar-refractivity contribution in [1.82, 2.24) is 10.5 Å². The molecule has 1 atom stereocenters. The molecule has 1 aliphatic heterocycles. The normalized spacial score (nSPS) is 21.2. The maximum absolute atomic E-state index is 12.2. The van der Waals surface area contributed by atoms with E-state index in [0.717, 1.165) is 25.9 Å². The molecule has 1 unspecified atom stereocenters. The summed E-state index contributed by atoms with van der Waals surface area (Å²) in [5.41, 5.74) is 0.233. The highest BCUT2D eigenvalue weighted by molar-refractivity contribution is 5.94. The number of amides is 1. The van der Waals surface area contributed by atoms with Crippen LogP contribution in [0.5, 0.6) is 0 Å². The van der Waals surface area contributed by atoms with Crippen molar-refractivity contribution in [1.29, 1.82) is 0 Å². The Labute approximate surface area is 101 Å². The number of nitrogens with zero attached hydrogens (tertiary/aromatic N) is 1. The van der Waals surface area contributed by atoms with E-state index < -0.39 is 0 Å². The molecule has 0 aliphatic carbocycles. The van der Waals surface area contributed by atoms with E-state index in [0.29, 0.717) is 11.6 Å². The van der Waals surface area contributed by atoms with Crippen LogP contribution >= 0.6 is 0 Å². The van der Waals surface area contributed by atoms with Crippen LogP contribution in [-0.4, -0.2) is 24.2 Å². The molecule has 0 saturated carbocycles. The summed E-state index contributed by atoms with van der Waals surface area (Å²) in [6, 6.07) is 0. The first-order valence-corrected chi connectivity index (χ1v) is 6.02. The molecular formula is C12H19N3O2. The minimum absolute atomic E-state index is 0.0226. The largest absolute Gasteiger partial charge is 0.363 e. The Morgan fingerprint density at radius 3 is 3.06 bits per heavy atom. The van der Waals surface area contributed by atoms with Crippen LogP contribution < -0.4 is 10.6 Å². The van der Waals surface area contributed by atoms with Crippen molar-refractivity contribution in [3.63, 3.8) is 0 Å². The molecule has 1 aromatic heterocycles. The van der Waals surface area contributed by atoms with Gasteiger partial charge in [0, 0.05) is 5.41 Å². The first-order valence-electron chi connectivity index (χ1n) is 6.02. The Morgan fingerprint density at radius 2 is 2.47 bits per heavy atom. The van der Waals surface area contributed by atoms with Crippen LogP contribution in [-0.2, 0) is 4.79 Å². The fourth-order valence-corrected chi connectivity index (χ4v) is 2.21. The lowest BCUT2D eigenvalue weighted by atomic mass is 9.74. The number of aromatic nitrogens is 1. The number of anilines is 1. The first-order chi connectivity index (χ1) is 8.10. The van der Waals surface area contributed by atoms with Gasteiger partial charge in [0.15, 0.2) is 0 Å². The topological polar surface area (TPSA) is 67.2 Å². The van der Waals surface area contributed by atoms with Crippen LogP contribution in [0.4, 0.5) is 5.69 Å². The molecule has 1 fully saturated rings. The van der Waals surface area contributed by atoms with E-state index >= 15 is 0 Å². The van der Waals surface area contributed by atoms with E-state index in [-0.39, 0.29) is 11.3 Å². The van der Waals surface area contributed by atoms with Crippen LogP contribution in [0.3, 0.4) is 0 Å². The summed E-state index contributed by atoms with van der Waals surface area (Å²) >= 11 is 0. The number of hydrogen-bond acceptors (Lipinski definition) is 4. The number of carbonyl (C=O) groups is 1. The maximum atomic E-state index is 12.2. The average molecular weight is 237 g/mol. The van der Waals surface area contributed by atoms with Gasteiger partial charge in [-0.1, -0.05) is 19.0 Å². The highest BCUT2D eigenvalue weighted by Gasteiger charge is 2.37. The van der Waals surface area contributed by atoms with Gasteiger partial charge in [0.2, 0.25) is 5.91 Å². The van der Waals surface area contributed by atoms with Crippen molar-refractivity contribution in [2.45, 2.75) is 26.7 Å². The van der Waals surface area contributed by atoms with E-state index in [9.17, 15) is 4.79 Å². The third-order valence-electron chi connectivity index (χ3n) is 3.59. The van der Waals surface area contributed by atoms with E-state index in [2.05, 4.69) is 15.8 Å². The molecule has 1 amide bonds. The molecule has 17 heavy (non-hydrogen) atoms. The fraction of sp³-hybridized carbons (Fsp3) is 0.667. The second kappa shape index (κ2) is 4.87. The average Bonchev–Trinajstić information content (AvgIpc) is 2.83. The Hall–Kier alpha value is -1.36. The lowest BCUT2D eigenvalue weighted by Gasteiger charge is -2.35. The van der Waals surface area contributed by atoms with Crippen molar-refractivity contribution in [3.05, 3.63) is 12.5 Å². The van der Waals surface area contributed by atoms with Crippen LogP contribution in [0.1, 0.15) is 26.7 Å². The first kappa shape index (κ1) is 12.1. The van der Waals surface area contributed by atoms with Gasteiger partial charge in [-0.05, 0) is 31.8 Å². The van der Waals surface area contributed by atoms with Crippen molar-refractivity contribution in [2.24, 2.45) is 11.3 Å². The van der Waals surface area contributed by atoms with Crippen molar-refractivity contribution in [3.8, 4) is 0 Å². The third-order valence-corrected chi connectivity index (χ3v) is 3.59. The molecular weight excluding hydrogens is 218 g/mol. The lowest BCUT2D eigenvalue weighted by molar-refractivity contribution is -0.127. The Bertz CT molecular complexity index is 367. The number of nitrogens with one attached hydrogen (secondary N) is 2. The number of piperidine rings is 1. The van der Waals surface area contributed by atoms with Crippen molar-refractivity contribution in [2.75, 3.05) is 18.4 Å². The van der Waals surface area contributed by atoms with Gasteiger partial charge in [0.1, 0.15) is 12.0 Å². The summed E-state index contributed by atoms with van der Waals surface area (Å²) in [7, 11) is 0. The second-order valence-electron chi connectivity index (χ2n) is 5.13. The van der Waals surface area contributed by atoms with Gasteiger partial charge in [-0.25, -0.2) is 0 Å². The van der Waals surface area contributed by atoms with Gasteiger partial charge >= 0.3 is 0 Å². The summed E-state index contributed by atoms with van der Waals surface area (Å²) in [6.07, 6.45) is 5.17.